The summed E-state index contributed by atoms with van der Waals surface area (Å²) in [5.74, 6) is -0.111. The molecule has 0 aliphatic carbocycles. The van der Waals surface area contributed by atoms with Gasteiger partial charge in [0.1, 0.15) is 0 Å². The van der Waals surface area contributed by atoms with Crippen molar-refractivity contribution in [3.05, 3.63) is 24.3 Å². The summed E-state index contributed by atoms with van der Waals surface area (Å²) < 4.78 is 25.7. The van der Waals surface area contributed by atoms with Crippen LogP contribution in [-0.4, -0.2) is 33.7 Å². The topological polar surface area (TPSA) is 87.3 Å². The van der Waals surface area contributed by atoms with E-state index in [-0.39, 0.29) is 18.2 Å². The summed E-state index contributed by atoms with van der Waals surface area (Å²) in [6, 6.07) is 6.60. The zero-order valence-electron chi connectivity index (χ0n) is 11.1. The highest BCUT2D eigenvalue weighted by molar-refractivity contribution is 7.92. The average molecular weight is 285 g/mol. The van der Waals surface area contributed by atoms with Crippen molar-refractivity contribution in [1.29, 1.82) is 0 Å². The van der Waals surface area contributed by atoms with Crippen molar-refractivity contribution in [3.8, 4) is 0 Å². The van der Waals surface area contributed by atoms with Crippen LogP contribution in [0.15, 0.2) is 24.3 Å². The molecule has 0 aromatic heterocycles. The third kappa shape index (κ3) is 5.71. The molecule has 0 atom stereocenters. The summed E-state index contributed by atoms with van der Waals surface area (Å²) >= 11 is 0. The number of benzene rings is 1. The largest absolute Gasteiger partial charge is 0.325 e. The van der Waals surface area contributed by atoms with Gasteiger partial charge in [0, 0.05) is 5.69 Å². The van der Waals surface area contributed by atoms with Crippen LogP contribution >= 0.6 is 0 Å². The molecule has 0 heterocycles. The van der Waals surface area contributed by atoms with Crippen LogP contribution in [-0.2, 0) is 14.8 Å². The second-order valence-corrected chi connectivity index (χ2v) is 5.92. The molecule has 0 aliphatic rings. The number of hydrogen-bond donors (Lipinski definition) is 3. The van der Waals surface area contributed by atoms with Crippen LogP contribution in [0, 0.1) is 0 Å². The fourth-order valence-corrected chi connectivity index (χ4v) is 2.65. The molecule has 7 heteroatoms. The average Bonchev–Trinajstić information content (AvgIpc) is 2.28. The van der Waals surface area contributed by atoms with Gasteiger partial charge in [0.15, 0.2) is 0 Å². The van der Waals surface area contributed by atoms with Gasteiger partial charge in [-0.05, 0) is 31.7 Å². The van der Waals surface area contributed by atoms with Gasteiger partial charge in [0.25, 0.3) is 0 Å². The van der Waals surface area contributed by atoms with E-state index in [1.165, 1.54) is 0 Å². The Kier molecular flexibility index (Phi) is 5.78. The number of hydrogen-bond acceptors (Lipinski definition) is 4. The fraction of sp³-hybridized carbons (Fsp3) is 0.417. The number of rotatable bonds is 7. The third-order valence-corrected chi connectivity index (χ3v) is 3.72. The summed E-state index contributed by atoms with van der Waals surface area (Å²) in [4.78, 5) is 11.4. The third-order valence-electron chi connectivity index (χ3n) is 2.23. The van der Waals surface area contributed by atoms with Crippen LogP contribution in [0.4, 0.5) is 11.4 Å². The Balaban J connectivity index is 2.75. The van der Waals surface area contributed by atoms with Gasteiger partial charge in [-0.3, -0.25) is 9.52 Å². The number of carbonyl (C=O) groups is 1. The molecule has 1 rings (SSSR count). The lowest BCUT2D eigenvalue weighted by atomic mass is 10.3. The molecule has 6 nitrogen and oxygen atoms in total. The highest BCUT2D eigenvalue weighted by Crippen LogP contribution is 2.16. The van der Waals surface area contributed by atoms with E-state index in [2.05, 4.69) is 15.4 Å². The van der Waals surface area contributed by atoms with Crippen LogP contribution in [0.1, 0.15) is 13.3 Å². The molecule has 1 aromatic carbocycles. The Bertz CT molecular complexity index is 529. The number of nitrogens with one attached hydrogen (secondary N) is 3. The Morgan fingerprint density at radius 3 is 2.58 bits per heavy atom. The van der Waals surface area contributed by atoms with E-state index < -0.39 is 10.0 Å². The van der Waals surface area contributed by atoms with Crippen molar-refractivity contribution in [2.75, 3.05) is 29.4 Å². The van der Waals surface area contributed by atoms with E-state index in [9.17, 15) is 13.2 Å². The highest BCUT2D eigenvalue weighted by Gasteiger charge is 2.09. The van der Waals surface area contributed by atoms with E-state index in [1.807, 2.05) is 0 Å². The summed E-state index contributed by atoms with van der Waals surface area (Å²) in [6.07, 6.45) is 0.550. The van der Waals surface area contributed by atoms with Crippen molar-refractivity contribution in [1.82, 2.24) is 5.32 Å². The Hall–Kier alpha value is -1.60. The van der Waals surface area contributed by atoms with E-state index in [0.717, 1.165) is 0 Å². The Morgan fingerprint density at radius 2 is 1.95 bits per heavy atom. The van der Waals surface area contributed by atoms with E-state index in [0.29, 0.717) is 17.8 Å². The molecule has 0 fully saturated rings. The monoisotopic (exact) mass is 285 g/mol. The second-order valence-electron chi connectivity index (χ2n) is 4.08. The summed E-state index contributed by atoms with van der Waals surface area (Å²) in [5.41, 5.74) is 0.993. The van der Waals surface area contributed by atoms with Gasteiger partial charge in [0.05, 0.1) is 18.0 Å². The van der Waals surface area contributed by atoms with Gasteiger partial charge < -0.3 is 10.6 Å². The van der Waals surface area contributed by atoms with Crippen LogP contribution in [0.5, 0.6) is 0 Å². The van der Waals surface area contributed by atoms with Gasteiger partial charge >= 0.3 is 0 Å². The number of anilines is 2. The predicted octanol–water partition coefficient (Wildman–Crippen LogP) is 0.996. The maximum atomic E-state index is 11.6. The molecule has 3 N–H and O–H groups in total. The number of sulfonamides is 1. The van der Waals surface area contributed by atoms with Gasteiger partial charge in [0.2, 0.25) is 15.9 Å². The number of likely N-dealkylation sites (N-methyl/N-ethyl adjacent to an activating group) is 1. The zero-order chi connectivity index (χ0) is 14.3. The van der Waals surface area contributed by atoms with Crippen LogP contribution < -0.4 is 15.4 Å². The van der Waals surface area contributed by atoms with Crippen molar-refractivity contribution < 1.29 is 13.2 Å². The zero-order valence-corrected chi connectivity index (χ0v) is 11.9. The molecular weight excluding hydrogens is 266 g/mol. The van der Waals surface area contributed by atoms with Gasteiger partial charge in [-0.1, -0.05) is 13.0 Å². The lowest BCUT2D eigenvalue weighted by Gasteiger charge is -2.09. The first-order chi connectivity index (χ1) is 8.96. The maximum Gasteiger partial charge on any atom is 0.238 e. The minimum absolute atomic E-state index is 0.0728. The van der Waals surface area contributed by atoms with Gasteiger partial charge in [-0.2, -0.15) is 0 Å². The van der Waals surface area contributed by atoms with E-state index >= 15 is 0 Å². The molecule has 1 amide bonds. The normalized spacial score (nSPS) is 11.1. The number of carbonyl (C=O) groups excluding carboxylic acids is 1. The lowest BCUT2D eigenvalue weighted by Crippen LogP contribution is -2.25. The van der Waals surface area contributed by atoms with E-state index in [1.54, 1.807) is 38.2 Å². The van der Waals surface area contributed by atoms with E-state index in [4.69, 9.17) is 0 Å². The minimum Gasteiger partial charge on any atom is -0.325 e. The van der Waals surface area contributed by atoms with Crippen LogP contribution in [0.3, 0.4) is 0 Å². The quantitative estimate of drug-likeness (QED) is 0.697. The first kappa shape index (κ1) is 15.5. The molecule has 0 unspecified atom stereocenters. The predicted molar refractivity (Wildman–Crippen MR) is 76.7 cm³/mol. The molecule has 1 aromatic rings. The fourth-order valence-electron chi connectivity index (χ4n) is 1.53. The second kappa shape index (κ2) is 7.10. The van der Waals surface area contributed by atoms with Gasteiger partial charge in [-0.15, -0.1) is 0 Å². The Morgan fingerprint density at radius 1 is 1.26 bits per heavy atom. The molecular formula is C12H19N3O3S. The maximum absolute atomic E-state index is 11.6. The highest BCUT2D eigenvalue weighted by atomic mass is 32.2. The van der Waals surface area contributed by atoms with Crippen molar-refractivity contribution in [2.45, 2.75) is 13.3 Å². The molecule has 0 saturated carbocycles. The molecule has 0 radical (unpaired) electrons. The Labute approximate surface area is 113 Å². The lowest BCUT2D eigenvalue weighted by molar-refractivity contribution is -0.115. The summed E-state index contributed by atoms with van der Waals surface area (Å²) in [7, 11) is -1.64. The molecule has 0 saturated heterocycles. The smallest absolute Gasteiger partial charge is 0.238 e. The standard InChI is InChI=1S/C12H19N3O3S/c1-3-7-19(17,18)15-11-6-4-5-10(8-11)14-12(16)9-13-2/h4-6,8,13,15H,3,7,9H2,1-2H3,(H,14,16). The minimum atomic E-state index is -3.32. The van der Waals surface area contributed by atoms with Crippen LogP contribution in [0.25, 0.3) is 0 Å². The molecule has 19 heavy (non-hydrogen) atoms. The molecule has 0 aliphatic heterocycles. The van der Waals surface area contributed by atoms with Crippen molar-refractivity contribution in [2.24, 2.45) is 0 Å². The van der Waals surface area contributed by atoms with Crippen molar-refractivity contribution >= 4 is 27.3 Å². The summed E-state index contributed by atoms with van der Waals surface area (Å²) in [5, 5.41) is 5.40. The first-order valence-electron chi connectivity index (χ1n) is 6.02. The van der Waals surface area contributed by atoms with Crippen LogP contribution in [0.2, 0.25) is 0 Å². The molecule has 0 bridgehead atoms. The first-order valence-corrected chi connectivity index (χ1v) is 7.67. The van der Waals surface area contributed by atoms with Gasteiger partial charge in [-0.25, -0.2) is 8.42 Å². The molecule has 106 valence electrons. The molecule has 0 spiro atoms. The SMILES string of the molecule is CCCS(=O)(=O)Nc1cccc(NC(=O)CNC)c1. The summed E-state index contributed by atoms with van der Waals surface area (Å²) in [6.45, 7) is 2.00. The number of amides is 1. The van der Waals surface area contributed by atoms with Crippen molar-refractivity contribution in [3.63, 3.8) is 0 Å².